The third-order valence-corrected chi connectivity index (χ3v) is 1.62. The summed E-state index contributed by atoms with van der Waals surface area (Å²) >= 11 is 0. The molecule has 0 unspecified atom stereocenters. The molecule has 1 aromatic rings. The highest BCUT2D eigenvalue weighted by Gasteiger charge is 2.13. The fourth-order valence-corrected chi connectivity index (χ4v) is 1.12. The summed E-state index contributed by atoms with van der Waals surface area (Å²) in [4.78, 5) is 0. The Morgan fingerprint density at radius 1 is 1.20 bits per heavy atom. The maximum absolute atomic E-state index is 4.09. The lowest BCUT2D eigenvalue weighted by molar-refractivity contribution is 0.406. The summed E-state index contributed by atoms with van der Waals surface area (Å²) in [6.07, 6.45) is 4.26. The van der Waals surface area contributed by atoms with Crippen molar-refractivity contribution in [2.45, 2.75) is 60.9 Å². The summed E-state index contributed by atoms with van der Waals surface area (Å²) in [5, 5.41) is 8.07. The number of hydrogen-bond acceptors (Lipinski definition) is 2. The van der Waals surface area contributed by atoms with Crippen LogP contribution in [0.1, 0.15) is 53.7 Å². The predicted octanol–water partition coefficient (Wildman–Crippen LogP) is 3.30. The molecule has 0 bridgehead atoms. The molecule has 0 atom stereocenters. The third-order valence-electron chi connectivity index (χ3n) is 1.62. The van der Waals surface area contributed by atoms with E-state index in [9.17, 15) is 0 Å². The summed E-state index contributed by atoms with van der Waals surface area (Å²) in [6, 6.07) is 0. The van der Waals surface area contributed by atoms with Crippen molar-refractivity contribution in [3.05, 3.63) is 11.9 Å². The van der Waals surface area contributed by atoms with E-state index in [0.29, 0.717) is 5.41 Å². The monoisotopic (exact) mass is 211 g/mol. The number of aryl methyl sites for hydroxylation is 1. The van der Waals surface area contributed by atoms with E-state index in [1.807, 2.05) is 10.9 Å². The van der Waals surface area contributed by atoms with Gasteiger partial charge in [-0.25, -0.2) is 0 Å². The molecule has 0 N–H and O–H groups in total. The fraction of sp³-hybridized carbons (Fsp3) is 0.833. The van der Waals surface area contributed by atoms with Crippen molar-refractivity contribution in [2.24, 2.45) is 5.41 Å². The van der Waals surface area contributed by atoms with E-state index in [0.717, 1.165) is 18.7 Å². The molecular formula is C12H25N3. The Bertz CT molecular complexity index is 258. The second kappa shape index (κ2) is 6.59. The van der Waals surface area contributed by atoms with Gasteiger partial charge in [-0.3, -0.25) is 4.68 Å². The van der Waals surface area contributed by atoms with Gasteiger partial charge >= 0.3 is 0 Å². The molecule has 88 valence electrons. The fourth-order valence-electron chi connectivity index (χ4n) is 1.12. The standard InChI is InChI=1S/C9H17N3.C3H8/c1-5-12-7-8(10-11-12)6-9(2,3)4;1-3-2/h7H,5-6H2,1-4H3;3H2,1-2H3. The Labute approximate surface area is 93.9 Å². The quantitative estimate of drug-likeness (QED) is 0.751. The Morgan fingerprint density at radius 2 is 1.73 bits per heavy atom. The van der Waals surface area contributed by atoms with E-state index in [4.69, 9.17) is 0 Å². The van der Waals surface area contributed by atoms with Gasteiger partial charge in [-0.15, -0.1) is 5.10 Å². The predicted molar refractivity (Wildman–Crippen MR) is 64.8 cm³/mol. The van der Waals surface area contributed by atoms with E-state index in [2.05, 4.69) is 51.9 Å². The summed E-state index contributed by atoms with van der Waals surface area (Å²) in [6.45, 7) is 13.8. The lowest BCUT2D eigenvalue weighted by atomic mass is 9.91. The first kappa shape index (κ1) is 14.1. The van der Waals surface area contributed by atoms with Crippen molar-refractivity contribution < 1.29 is 0 Å². The number of aromatic nitrogens is 3. The first-order chi connectivity index (χ1) is 6.92. The lowest BCUT2D eigenvalue weighted by Crippen LogP contribution is -2.09. The molecule has 3 nitrogen and oxygen atoms in total. The molecule has 0 radical (unpaired) electrons. The highest BCUT2D eigenvalue weighted by Crippen LogP contribution is 2.18. The van der Waals surface area contributed by atoms with E-state index < -0.39 is 0 Å². The highest BCUT2D eigenvalue weighted by molar-refractivity contribution is 4.95. The zero-order valence-electron chi connectivity index (χ0n) is 11.0. The van der Waals surface area contributed by atoms with Gasteiger partial charge < -0.3 is 0 Å². The lowest BCUT2D eigenvalue weighted by Gasteiger charge is -2.15. The van der Waals surface area contributed by atoms with E-state index in [1.165, 1.54) is 6.42 Å². The van der Waals surface area contributed by atoms with Crippen LogP contribution in [0.4, 0.5) is 0 Å². The van der Waals surface area contributed by atoms with Crippen molar-refractivity contribution in [3.63, 3.8) is 0 Å². The zero-order valence-corrected chi connectivity index (χ0v) is 11.0. The summed E-state index contributed by atoms with van der Waals surface area (Å²) in [5.41, 5.74) is 1.39. The molecule has 1 heterocycles. The first-order valence-corrected chi connectivity index (χ1v) is 5.82. The van der Waals surface area contributed by atoms with Gasteiger partial charge in [-0.2, -0.15) is 0 Å². The normalized spacial score (nSPS) is 10.8. The highest BCUT2D eigenvalue weighted by atomic mass is 15.4. The van der Waals surface area contributed by atoms with Gasteiger partial charge in [0.05, 0.1) is 5.69 Å². The van der Waals surface area contributed by atoms with Crippen LogP contribution in [0.15, 0.2) is 6.20 Å². The number of rotatable bonds is 2. The summed E-state index contributed by atoms with van der Waals surface area (Å²) < 4.78 is 1.86. The SMILES string of the molecule is CCC.CCn1cc(CC(C)(C)C)nn1. The Kier molecular flexibility index (Phi) is 6.21. The number of nitrogens with zero attached hydrogens (tertiary/aromatic N) is 3. The molecular weight excluding hydrogens is 186 g/mol. The molecule has 0 saturated carbocycles. The molecule has 0 aliphatic heterocycles. The molecule has 3 heteroatoms. The van der Waals surface area contributed by atoms with Crippen LogP contribution in [0.3, 0.4) is 0 Å². The Balaban J connectivity index is 0.000000583. The van der Waals surface area contributed by atoms with Crippen molar-refractivity contribution >= 4 is 0 Å². The number of hydrogen-bond donors (Lipinski definition) is 0. The molecule has 1 aromatic heterocycles. The maximum Gasteiger partial charge on any atom is 0.0832 e. The van der Waals surface area contributed by atoms with Crippen LogP contribution in [0.5, 0.6) is 0 Å². The van der Waals surface area contributed by atoms with Crippen LogP contribution in [0.25, 0.3) is 0 Å². The van der Waals surface area contributed by atoms with Crippen LogP contribution in [-0.4, -0.2) is 15.0 Å². The second-order valence-corrected chi connectivity index (χ2v) is 5.01. The van der Waals surface area contributed by atoms with Crippen LogP contribution < -0.4 is 0 Å². The van der Waals surface area contributed by atoms with Crippen LogP contribution in [-0.2, 0) is 13.0 Å². The molecule has 0 amide bonds. The Hall–Kier alpha value is -0.860. The minimum atomic E-state index is 0.300. The molecule has 15 heavy (non-hydrogen) atoms. The average molecular weight is 211 g/mol. The first-order valence-electron chi connectivity index (χ1n) is 5.82. The molecule has 0 aliphatic carbocycles. The van der Waals surface area contributed by atoms with Crippen LogP contribution >= 0.6 is 0 Å². The molecule has 0 saturated heterocycles. The van der Waals surface area contributed by atoms with Gasteiger partial charge in [0, 0.05) is 12.7 Å². The third kappa shape index (κ3) is 7.11. The Morgan fingerprint density at radius 3 is 2.07 bits per heavy atom. The van der Waals surface area contributed by atoms with Crippen molar-refractivity contribution in [1.29, 1.82) is 0 Å². The van der Waals surface area contributed by atoms with Crippen LogP contribution in [0.2, 0.25) is 0 Å². The van der Waals surface area contributed by atoms with Gasteiger partial charge in [-0.1, -0.05) is 46.3 Å². The molecule has 0 fully saturated rings. The van der Waals surface area contributed by atoms with Gasteiger partial charge in [-0.05, 0) is 18.8 Å². The smallest absolute Gasteiger partial charge is 0.0832 e. The summed E-state index contributed by atoms with van der Waals surface area (Å²) in [7, 11) is 0. The van der Waals surface area contributed by atoms with Gasteiger partial charge in [0.1, 0.15) is 0 Å². The minimum Gasteiger partial charge on any atom is -0.253 e. The van der Waals surface area contributed by atoms with Gasteiger partial charge in [0.25, 0.3) is 0 Å². The van der Waals surface area contributed by atoms with E-state index in [-0.39, 0.29) is 0 Å². The van der Waals surface area contributed by atoms with E-state index in [1.54, 1.807) is 0 Å². The van der Waals surface area contributed by atoms with Crippen molar-refractivity contribution in [1.82, 2.24) is 15.0 Å². The van der Waals surface area contributed by atoms with E-state index >= 15 is 0 Å². The van der Waals surface area contributed by atoms with Gasteiger partial charge in [0.15, 0.2) is 0 Å². The molecule has 0 spiro atoms. The van der Waals surface area contributed by atoms with Crippen molar-refractivity contribution in [3.8, 4) is 0 Å². The van der Waals surface area contributed by atoms with Crippen LogP contribution in [0, 0.1) is 5.41 Å². The zero-order chi connectivity index (χ0) is 11.9. The van der Waals surface area contributed by atoms with Crippen molar-refractivity contribution in [2.75, 3.05) is 0 Å². The maximum atomic E-state index is 4.09. The average Bonchev–Trinajstić information content (AvgIpc) is 2.50. The largest absolute Gasteiger partial charge is 0.253 e. The molecule has 0 aromatic carbocycles. The summed E-state index contributed by atoms with van der Waals surface area (Å²) in [5.74, 6) is 0. The second-order valence-electron chi connectivity index (χ2n) is 5.01. The molecule has 1 rings (SSSR count). The minimum absolute atomic E-state index is 0.300. The topological polar surface area (TPSA) is 30.7 Å². The van der Waals surface area contributed by atoms with Gasteiger partial charge in [0.2, 0.25) is 0 Å². The molecule has 0 aliphatic rings.